The van der Waals surface area contributed by atoms with Crippen LogP contribution < -0.4 is 10.5 Å². The highest BCUT2D eigenvalue weighted by atomic mass is 16.5. The largest absolute Gasteiger partial charge is 0.468 e. The van der Waals surface area contributed by atoms with Gasteiger partial charge < -0.3 is 15.6 Å². The molecule has 1 aromatic rings. The molecule has 2 aliphatic rings. The fraction of sp³-hybridized carbons (Fsp3) is 0.688. The predicted octanol–water partition coefficient (Wildman–Crippen LogP) is 2.35. The normalized spacial score (nSPS) is 32.5. The monoisotopic (exact) mass is 276 g/mol. The summed E-state index contributed by atoms with van der Waals surface area (Å²) in [5.74, 6) is 0.611. The van der Waals surface area contributed by atoms with Crippen molar-refractivity contribution in [3.05, 3.63) is 23.4 Å². The van der Waals surface area contributed by atoms with E-state index in [2.05, 4.69) is 31.8 Å². The van der Waals surface area contributed by atoms with Crippen molar-refractivity contribution in [3.8, 4) is 5.88 Å². The molecule has 1 fully saturated rings. The van der Waals surface area contributed by atoms with Crippen molar-refractivity contribution in [3.63, 3.8) is 0 Å². The van der Waals surface area contributed by atoms with Gasteiger partial charge in [-0.25, -0.2) is 4.98 Å². The molecule has 3 N–H and O–H groups in total. The van der Waals surface area contributed by atoms with Crippen LogP contribution in [0.1, 0.15) is 57.2 Å². The molecule has 1 aromatic heterocycles. The van der Waals surface area contributed by atoms with E-state index in [0.29, 0.717) is 12.3 Å². The summed E-state index contributed by atoms with van der Waals surface area (Å²) in [4.78, 5) is 4.45. The van der Waals surface area contributed by atoms with Gasteiger partial charge in [-0.2, -0.15) is 0 Å². The van der Waals surface area contributed by atoms with E-state index in [-0.39, 0.29) is 11.5 Å². The van der Waals surface area contributed by atoms with E-state index in [1.807, 2.05) is 6.20 Å². The molecule has 4 nitrogen and oxygen atoms in total. The highest BCUT2D eigenvalue weighted by Crippen LogP contribution is 2.47. The number of rotatable bonds is 1. The first-order valence-electron chi connectivity index (χ1n) is 7.41. The Morgan fingerprint density at radius 3 is 2.80 bits per heavy atom. The van der Waals surface area contributed by atoms with Crippen molar-refractivity contribution < 1.29 is 9.84 Å². The van der Waals surface area contributed by atoms with Crippen molar-refractivity contribution in [2.75, 3.05) is 0 Å². The van der Waals surface area contributed by atoms with Crippen molar-refractivity contribution in [1.82, 2.24) is 4.98 Å². The second kappa shape index (κ2) is 4.43. The van der Waals surface area contributed by atoms with Crippen LogP contribution in [0.15, 0.2) is 12.3 Å². The summed E-state index contributed by atoms with van der Waals surface area (Å²) in [7, 11) is 0. The van der Waals surface area contributed by atoms with Gasteiger partial charge in [-0.1, -0.05) is 20.8 Å². The third-order valence-corrected chi connectivity index (χ3v) is 4.38. The van der Waals surface area contributed by atoms with Crippen LogP contribution in [0.3, 0.4) is 0 Å². The molecule has 20 heavy (non-hydrogen) atoms. The molecule has 110 valence electrons. The summed E-state index contributed by atoms with van der Waals surface area (Å²) in [6.07, 6.45) is 4.78. The van der Waals surface area contributed by atoms with Crippen LogP contribution in [0.4, 0.5) is 0 Å². The van der Waals surface area contributed by atoms with Crippen LogP contribution in [0.25, 0.3) is 0 Å². The van der Waals surface area contributed by atoms with E-state index in [4.69, 9.17) is 10.5 Å². The highest BCUT2D eigenvalue weighted by Gasteiger charge is 2.52. The average Bonchev–Trinajstić information content (AvgIpc) is 2.35. The summed E-state index contributed by atoms with van der Waals surface area (Å²) in [6, 6.07) is 2.03. The highest BCUT2D eigenvalue weighted by molar-refractivity contribution is 5.37. The summed E-state index contributed by atoms with van der Waals surface area (Å²) in [5.41, 5.74) is 8.21. The molecular weight excluding hydrogens is 252 g/mol. The molecule has 1 unspecified atom stereocenters. The summed E-state index contributed by atoms with van der Waals surface area (Å²) in [5, 5.41) is 9.97. The quantitative estimate of drug-likeness (QED) is 0.826. The Hall–Kier alpha value is -1.13. The predicted molar refractivity (Wildman–Crippen MR) is 77.5 cm³/mol. The zero-order valence-corrected chi connectivity index (χ0v) is 12.5. The topological polar surface area (TPSA) is 68.4 Å². The minimum Gasteiger partial charge on any atom is -0.468 e. The standard InChI is InChI=1S/C16H24N2O2/c1-15(2,3)7-10-6-11-12(17)8-16(5-4-13(16)19)20-14(11)18-9-10/h6,9,12-13,19H,4-5,7-8,17H2,1-3H3/t12?,13-,16-/m1/s1. The number of nitrogens with zero attached hydrogens (tertiary/aromatic N) is 1. The number of hydrogen-bond donors (Lipinski definition) is 2. The first-order valence-corrected chi connectivity index (χ1v) is 7.41. The third kappa shape index (κ3) is 2.31. The average molecular weight is 276 g/mol. The minimum absolute atomic E-state index is 0.0962. The maximum absolute atomic E-state index is 9.97. The third-order valence-electron chi connectivity index (χ3n) is 4.38. The molecule has 0 saturated heterocycles. The van der Waals surface area contributed by atoms with E-state index in [1.165, 1.54) is 5.56 Å². The Morgan fingerprint density at radius 1 is 1.50 bits per heavy atom. The number of aromatic nitrogens is 1. The number of nitrogens with two attached hydrogens (primary N) is 1. The zero-order valence-electron chi connectivity index (χ0n) is 12.5. The second-order valence-electron chi connectivity index (χ2n) is 7.51. The van der Waals surface area contributed by atoms with Gasteiger partial charge in [0.25, 0.3) is 0 Å². The van der Waals surface area contributed by atoms with Gasteiger partial charge in [0, 0.05) is 24.2 Å². The zero-order chi connectivity index (χ0) is 14.5. The van der Waals surface area contributed by atoms with Crippen molar-refractivity contribution >= 4 is 0 Å². The maximum atomic E-state index is 9.97. The summed E-state index contributed by atoms with van der Waals surface area (Å²) >= 11 is 0. The number of ether oxygens (including phenoxy) is 1. The SMILES string of the molecule is CC(C)(C)Cc1cnc2c(c1)C(N)C[C@@]1(CC[C@H]1O)O2. The molecule has 0 radical (unpaired) electrons. The van der Waals surface area contributed by atoms with Crippen molar-refractivity contribution in [2.24, 2.45) is 11.1 Å². The number of aliphatic hydroxyl groups is 1. The molecule has 0 aromatic carbocycles. The number of hydrogen-bond acceptors (Lipinski definition) is 4. The van der Waals surface area contributed by atoms with Crippen molar-refractivity contribution in [1.29, 1.82) is 0 Å². The van der Waals surface area contributed by atoms with E-state index >= 15 is 0 Å². The van der Waals surface area contributed by atoms with Crippen molar-refractivity contribution in [2.45, 2.75) is 64.2 Å². The molecule has 3 rings (SSSR count). The van der Waals surface area contributed by atoms with Gasteiger partial charge in [-0.05, 0) is 36.3 Å². The Bertz CT molecular complexity index is 524. The Morgan fingerprint density at radius 2 is 2.25 bits per heavy atom. The van der Waals surface area contributed by atoms with E-state index in [0.717, 1.165) is 24.8 Å². The van der Waals surface area contributed by atoms with Gasteiger partial charge in [-0.3, -0.25) is 0 Å². The van der Waals surface area contributed by atoms with Crippen LogP contribution in [0, 0.1) is 5.41 Å². The Kier molecular flexibility index (Phi) is 3.07. The van der Waals surface area contributed by atoms with Crippen LogP contribution in [-0.2, 0) is 6.42 Å². The van der Waals surface area contributed by atoms with E-state index < -0.39 is 11.7 Å². The van der Waals surface area contributed by atoms with Crippen LogP contribution in [0.2, 0.25) is 0 Å². The molecule has 0 amide bonds. The van der Waals surface area contributed by atoms with Gasteiger partial charge in [0.05, 0.1) is 6.10 Å². The lowest BCUT2D eigenvalue weighted by atomic mass is 9.71. The maximum Gasteiger partial charge on any atom is 0.218 e. The number of fused-ring (bicyclic) bond motifs is 1. The molecular formula is C16H24N2O2. The molecule has 1 spiro atoms. The minimum atomic E-state index is -0.481. The fourth-order valence-electron chi connectivity index (χ4n) is 3.24. The first-order chi connectivity index (χ1) is 9.29. The van der Waals surface area contributed by atoms with Crippen LogP contribution in [-0.4, -0.2) is 21.8 Å². The molecule has 1 aliphatic carbocycles. The van der Waals surface area contributed by atoms with Gasteiger partial charge in [0.2, 0.25) is 5.88 Å². The lowest BCUT2D eigenvalue weighted by molar-refractivity contribution is -0.142. The van der Waals surface area contributed by atoms with Crippen LogP contribution in [0.5, 0.6) is 5.88 Å². The van der Waals surface area contributed by atoms with Gasteiger partial charge in [0.15, 0.2) is 0 Å². The van der Waals surface area contributed by atoms with Gasteiger partial charge >= 0.3 is 0 Å². The van der Waals surface area contributed by atoms with E-state index in [9.17, 15) is 5.11 Å². The number of aliphatic hydroxyl groups excluding tert-OH is 1. The van der Waals surface area contributed by atoms with Gasteiger partial charge in [0.1, 0.15) is 5.60 Å². The summed E-state index contributed by atoms with van der Waals surface area (Å²) in [6.45, 7) is 6.63. The molecule has 3 atom stereocenters. The molecule has 1 saturated carbocycles. The molecule has 0 bridgehead atoms. The summed E-state index contributed by atoms with van der Waals surface area (Å²) < 4.78 is 5.98. The Balaban J connectivity index is 1.88. The molecule has 2 heterocycles. The number of pyridine rings is 1. The second-order valence-corrected chi connectivity index (χ2v) is 7.51. The lowest BCUT2D eigenvalue weighted by Gasteiger charge is -2.50. The molecule has 1 aliphatic heterocycles. The fourth-order valence-corrected chi connectivity index (χ4v) is 3.24. The van der Waals surface area contributed by atoms with E-state index in [1.54, 1.807) is 0 Å². The Labute approximate surface area is 120 Å². The smallest absolute Gasteiger partial charge is 0.218 e. The van der Waals surface area contributed by atoms with Gasteiger partial charge in [-0.15, -0.1) is 0 Å². The first kappa shape index (κ1) is 13.8. The molecule has 4 heteroatoms. The lowest BCUT2D eigenvalue weighted by Crippen LogP contribution is -2.59. The van der Waals surface area contributed by atoms with Crippen LogP contribution >= 0.6 is 0 Å².